The summed E-state index contributed by atoms with van der Waals surface area (Å²) in [6.07, 6.45) is 5.91. The third-order valence-corrected chi connectivity index (χ3v) is 4.26. The first-order valence-corrected chi connectivity index (χ1v) is 8.44. The number of ether oxygens (including phenoxy) is 1. The lowest BCUT2D eigenvalue weighted by Gasteiger charge is -2.34. The van der Waals surface area contributed by atoms with Crippen LogP contribution in [0.15, 0.2) is 24.3 Å². The number of benzene rings is 1. The predicted octanol–water partition coefficient (Wildman–Crippen LogP) is 3.36. The van der Waals surface area contributed by atoms with Gasteiger partial charge in [0.25, 0.3) is 0 Å². The summed E-state index contributed by atoms with van der Waals surface area (Å²) in [4.78, 5) is 2.45. The van der Waals surface area contributed by atoms with Crippen LogP contribution >= 0.6 is 0 Å². The smallest absolute Gasteiger partial charge is 0.0750 e. The topological polar surface area (TPSA) is 38.5 Å². The van der Waals surface area contributed by atoms with Crippen LogP contribution in [0.4, 0.5) is 5.69 Å². The molecule has 1 heterocycles. The molecule has 1 aliphatic rings. The van der Waals surface area contributed by atoms with E-state index >= 15 is 0 Å². The normalized spacial score (nSPS) is 20.5. The van der Waals surface area contributed by atoms with Crippen molar-refractivity contribution < 1.29 is 4.74 Å². The van der Waals surface area contributed by atoms with Crippen LogP contribution in [-0.2, 0) is 11.2 Å². The minimum atomic E-state index is 0.276. The zero-order valence-corrected chi connectivity index (χ0v) is 13.6. The van der Waals surface area contributed by atoms with E-state index in [0.29, 0.717) is 6.10 Å². The SMILES string of the molecule is CCCOC1CCCN(c2ccc(CC(N)CC)cc2)C1. The highest BCUT2D eigenvalue weighted by molar-refractivity contribution is 5.48. The van der Waals surface area contributed by atoms with Gasteiger partial charge in [-0.3, -0.25) is 0 Å². The van der Waals surface area contributed by atoms with Crippen LogP contribution in [-0.4, -0.2) is 31.8 Å². The molecule has 3 nitrogen and oxygen atoms in total. The number of rotatable bonds is 7. The van der Waals surface area contributed by atoms with Crippen LogP contribution in [0.2, 0.25) is 0 Å². The Morgan fingerprint density at radius 1 is 1.29 bits per heavy atom. The van der Waals surface area contributed by atoms with Crippen molar-refractivity contribution in [2.24, 2.45) is 5.73 Å². The predicted molar refractivity (Wildman–Crippen MR) is 89.9 cm³/mol. The third kappa shape index (κ3) is 5.01. The molecule has 3 heteroatoms. The highest BCUT2D eigenvalue weighted by Gasteiger charge is 2.20. The maximum Gasteiger partial charge on any atom is 0.0750 e. The molecule has 1 saturated heterocycles. The highest BCUT2D eigenvalue weighted by atomic mass is 16.5. The quantitative estimate of drug-likeness (QED) is 0.837. The first kappa shape index (κ1) is 16.3. The molecule has 21 heavy (non-hydrogen) atoms. The van der Waals surface area contributed by atoms with Gasteiger partial charge in [-0.1, -0.05) is 26.0 Å². The van der Waals surface area contributed by atoms with Crippen molar-refractivity contribution in [3.63, 3.8) is 0 Å². The lowest BCUT2D eigenvalue weighted by molar-refractivity contribution is 0.0440. The van der Waals surface area contributed by atoms with Crippen LogP contribution in [0.1, 0.15) is 45.1 Å². The average molecular weight is 290 g/mol. The summed E-state index contributed by atoms with van der Waals surface area (Å²) in [5.74, 6) is 0. The van der Waals surface area contributed by atoms with Gasteiger partial charge >= 0.3 is 0 Å². The molecule has 118 valence electrons. The molecule has 1 aromatic rings. The number of piperidine rings is 1. The van der Waals surface area contributed by atoms with Gasteiger partial charge in [0.2, 0.25) is 0 Å². The van der Waals surface area contributed by atoms with E-state index < -0.39 is 0 Å². The number of hydrogen-bond acceptors (Lipinski definition) is 3. The van der Waals surface area contributed by atoms with Crippen LogP contribution in [0.5, 0.6) is 0 Å². The second kappa shape index (κ2) is 8.40. The third-order valence-electron chi connectivity index (χ3n) is 4.26. The number of nitrogens with two attached hydrogens (primary N) is 1. The molecule has 2 N–H and O–H groups in total. The van der Waals surface area contributed by atoms with Crippen molar-refractivity contribution in [3.05, 3.63) is 29.8 Å². The molecule has 0 radical (unpaired) electrons. The van der Waals surface area contributed by atoms with Crippen molar-refractivity contribution in [2.45, 2.75) is 58.1 Å². The Hall–Kier alpha value is -1.06. The van der Waals surface area contributed by atoms with Crippen LogP contribution < -0.4 is 10.6 Å². The lowest BCUT2D eigenvalue weighted by atomic mass is 10.0. The van der Waals surface area contributed by atoms with Crippen molar-refractivity contribution in [1.82, 2.24) is 0 Å². The van der Waals surface area contributed by atoms with E-state index in [1.165, 1.54) is 24.1 Å². The van der Waals surface area contributed by atoms with Gasteiger partial charge in [-0.25, -0.2) is 0 Å². The summed E-state index contributed by atoms with van der Waals surface area (Å²) < 4.78 is 5.92. The highest BCUT2D eigenvalue weighted by Crippen LogP contribution is 2.22. The second-order valence-corrected chi connectivity index (χ2v) is 6.12. The minimum Gasteiger partial charge on any atom is -0.376 e. The molecule has 2 rings (SSSR count). The van der Waals surface area contributed by atoms with Gasteiger partial charge in [0, 0.05) is 31.4 Å². The van der Waals surface area contributed by atoms with E-state index in [1.54, 1.807) is 0 Å². The molecule has 0 aromatic heterocycles. The fourth-order valence-corrected chi connectivity index (χ4v) is 2.88. The Kier molecular flexibility index (Phi) is 6.52. The van der Waals surface area contributed by atoms with Gasteiger partial charge in [-0.2, -0.15) is 0 Å². The van der Waals surface area contributed by atoms with E-state index in [9.17, 15) is 0 Å². The Morgan fingerprint density at radius 3 is 2.71 bits per heavy atom. The molecule has 0 spiro atoms. The maximum absolute atomic E-state index is 6.02. The first-order valence-electron chi connectivity index (χ1n) is 8.44. The fraction of sp³-hybridized carbons (Fsp3) is 0.667. The number of nitrogens with zero attached hydrogens (tertiary/aromatic N) is 1. The summed E-state index contributed by atoms with van der Waals surface area (Å²) in [5, 5.41) is 0. The van der Waals surface area contributed by atoms with Crippen molar-refractivity contribution >= 4 is 5.69 Å². The largest absolute Gasteiger partial charge is 0.376 e. The molecular weight excluding hydrogens is 260 g/mol. The Bertz CT molecular complexity index is 404. The van der Waals surface area contributed by atoms with Gasteiger partial charge in [0.1, 0.15) is 0 Å². The maximum atomic E-state index is 6.02. The zero-order chi connectivity index (χ0) is 15.1. The van der Waals surface area contributed by atoms with Crippen molar-refractivity contribution in [2.75, 3.05) is 24.6 Å². The van der Waals surface area contributed by atoms with E-state index in [2.05, 4.69) is 43.0 Å². The first-order chi connectivity index (χ1) is 10.2. The Labute approximate surface area is 129 Å². The van der Waals surface area contributed by atoms with Crippen LogP contribution in [0.3, 0.4) is 0 Å². The summed E-state index contributed by atoms with van der Waals surface area (Å²) >= 11 is 0. The molecule has 0 bridgehead atoms. The van der Waals surface area contributed by atoms with E-state index in [-0.39, 0.29) is 6.04 Å². The molecule has 0 saturated carbocycles. The fourth-order valence-electron chi connectivity index (χ4n) is 2.88. The number of hydrogen-bond donors (Lipinski definition) is 1. The molecule has 1 aromatic carbocycles. The molecular formula is C18H30N2O. The summed E-state index contributed by atoms with van der Waals surface area (Å²) in [5.41, 5.74) is 8.67. The van der Waals surface area contributed by atoms with Gasteiger partial charge in [0.05, 0.1) is 6.10 Å². The van der Waals surface area contributed by atoms with Crippen LogP contribution in [0.25, 0.3) is 0 Å². The Morgan fingerprint density at radius 2 is 2.05 bits per heavy atom. The standard InChI is InChI=1S/C18H30N2O/c1-3-12-21-18-6-5-11-20(14-18)17-9-7-15(8-10-17)13-16(19)4-2/h7-10,16,18H,3-6,11-14,19H2,1-2H3. The molecule has 0 amide bonds. The second-order valence-electron chi connectivity index (χ2n) is 6.12. The van der Waals surface area contributed by atoms with Crippen LogP contribution in [0, 0.1) is 0 Å². The summed E-state index contributed by atoms with van der Waals surface area (Å²) in [6.45, 7) is 7.35. The lowest BCUT2D eigenvalue weighted by Crippen LogP contribution is -2.39. The molecule has 1 fully saturated rings. The minimum absolute atomic E-state index is 0.276. The molecule has 2 unspecified atom stereocenters. The van der Waals surface area contributed by atoms with Crippen molar-refractivity contribution in [1.29, 1.82) is 0 Å². The monoisotopic (exact) mass is 290 g/mol. The van der Waals surface area contributed by atoms with Gasteiger partial charge in [-0.15, -0.1) is 0 Å². The summed E-state index contributed by atoms with van der Waals surface area (Å²) in [7, 11) is 0. The molecule has 2 atom stereocenters. The summed E-state index contributed by atoms with van der Waals surface area (Å²) in [6, 6.07) is 9.19. The van der Waals surface area contributed by atoms with Gasteiger partial charge < -0.3 is 15.4 Å². The molecule has 0 aliphatic carbocycles. The Balaban J connectivity index is 1.91. The number of anilines is 1. The van der Waals surface area contributed by atoms with E-state index in [4.69, 9.17) is 10.5 Å². The molecule has 1 aliphatic heterocycles. The van der Waals surface area contributed by atoms with Gasteiger partial charge in [0.15, 0.2) is 0 Å². The average Bonchev–Trinajstić information content (AvgIpc) is 2.53. The zero-order valence-electron chi connectivity index (χ0n) is 13.6. The van der Waals surface area contributed by atoms with Gasteiger partial charge in [-0.05, 0) is 49.8 Å². The van der Waals surface area contributed by atoms with E-state index in [0.717, 1.165) is 39.0 Å². The van der Waals surface area contributed by atoms with Crippen molar-refractivity contribution in [3.8, 4) is 0 Å². The van der Waals surface area contributed by atoms with E-state index in [1.807, 2.05) is 0 Å².